The summed E-state index contributed by atoms with van der Waals surface area (Å²) >= 11 is 17.2. The van der Waals surface area contributed by atoms with Crippen LogP contribution in [0.15, 0.2) is 5.16 Å². The van der Waals surface area contributed by atoms with Crippen LogP contribution in [0.3, 0.4) is 0 Å². The number of hydrogen-bond acceptors (Lipinski definition) is 5. The van der Waals surface area contributed by atoms with Crippen LogP contribution in [0.1, 0.15) is 27.7 Å². The van der Waals surface area contributed by atoms with Gasteiger partial charge in [-0.2, -0.15) is 0 Å². The predicted molar refractivity (Wildman–Crippen MR) is 83.1 cm³/mol. The lowest BCUT2D eigenvalue weighted by Gasteiger charge is -2.25. The lowest BCUT2D eigenvalue weighted by atomic mass is 10.00. The van der Waals surface area contributed by atoms with E-state index in [0.29, 0.717) is 17.7 Å². The highest BCUT2D eigenvalue weighted by atomic mass is 35.6. The lowest BCUT2D eigenvalue weighted by Crippen LogP contribution is -2.48. The van der Waals surface area contributed by atoms with Gasteiger partial charge in [-0.15, -0.1) is 0 Å². The molecule has 0 aromatic heterocycles. The first kappa shape index (κ1) is 19.6. The van der Waals surface area contributed by atoms with Crippen LogP contribution in [0, 0.1) is 0 Å². The molecule has 0 rings (SSSR count). The summed E-state index contributed by atoms with van der Waals surface area (Å²) in [6, 6.07) is 0. The second kappa shape index (κ2) is 7.59. The van der Waals surface area contributed by atoms with E-state index < -0.39 is 14.8 Å². The van der Waals surface area contributed by atoms with E-state index in [4.69, 9.17) is 39.6 Å². The fourth-order valence-corrected chi connectivity index (χ4v) is 2.35. The number of hydrogen-bond donors (Lipinski definition) is 1. The van der Waals surface area contributed by atoms with Gasteiger partial charge < -0.3 is 5.32 Å². The fraction of sp³-hybridized carbons (Fsp3) is 0.700. The second-order valence-electron chi connectivity index (χ2n) is 4.37. The van der Waals surface area contributed by atoms with Crippen molar-refractivity contribution in [2.24, 2.45) is 5.16 Å². The van der Waals surface area contributed by atoms with Crippen LogP contribution in [-0.2, 0) is 9.63 Å². The molecule has 0 aromatic carbocycles. The van der Waals surface area contributed by atoms with Gasteiger partial charge in [0.2, 0.25) is 5.91 Å². The summed E-state index contributed by atoms with van der Waals surface area (Å²) in [6.07, 6.45) is -0.806. The second-order valence-corrected chi connectivity index (χ2v) is 8.67. The molecule has 116 valence electrons. The van der Waals surface area contributed by atoms with Gasteiger partial charge in [-0.1, -0.05) is 40.0 Å². The van der Waals surface area contributed by atoms with Crippen LogP contribution in [-0.4, -0.2) is 37.7 Å². The average Bonchev–Trinajstić information content (AvgIpc) is 2.20. The van der Waals surface area contributed by atoms with Crippen molar-refractivity contribution >= 4 is 64.5 Å². The normalized spacial score (nSPS) is 12.9. The van der Waals surface area contributed by atoms with E-state index in [0.717, 1.165) is 4.31 Å². The Hall–Kier alpha value is -0.370. The van der Waals surface area contributed by atoms with Gasteiger partial charge in [0.15, 0.2) is 0 Å². The van der Waals surface area contributed by atoms with E-state index in [1.54, 1.807) is 20.8 Å². The van der Waals surface area contributed by atoms with Crippen LogP contribution < -0.4 is 5.32 Å². The van der Waals surface area contributed by atoms with Crippen molar-refractivity contribution in [3.63, 3.8) is 0 Å². The quantitative estimate of drug-likeness (QED) is 0.273. The third-order valence-electron chi connectivity index (χ3n) is 2.15. The minimum absolute atomic E-state index is 0.222. The van der Waals surface area contributed by atoms with Crippen LogP contribution >= 0.6 is 46.8 Å². The molecule has 0 aromatic rings. The van der Waals surface area contributed by atoms with Gasteiger partial charge in [0, 0.05) is 25.9 Å². The number of carbonyl (C=O) groups excluding carboxylic acids is 2. The largest absolute Gasteiger partial charge is 0.445 e. The van der Waals surface area contributed by atoms with Crippen LogP contribution in [0.4, 0.5) is 4.79 Å². The average molecular weight is 365 g/mol. The first-order valence-corrected chi connectivity index (χ1v) is 7.30. The summed E-state index contributed by atoms with van der Waals surface area (Å²) < 4.78 is -0.683. The molecule has 1 N–H and O–H groups in total. The van der Waals surface area contributed by atoms with Crippen LogP contribution in [0.2, 0.25) is 0 Å². The molecule has 10 heteroatoms. The Morgan fingerprint density at radius 2 is 1.75 bits per heavy atom. The summed E-state index contributed by atoms with van der Waals surface area (Å²) in [5.74, 6) is -0.222. The molecule has 0 fully saturated rings. The molecule has 0 saturated heterocycles. The highest BCUT2D eigenvalue weighted by Crippen LogP contribution is 2.40. The Morgan fingerprint density at radius 3 is 2.15 bits per heavy atom. The summed E-state index contributed by atoms with van der Waals surface area (Å²) in [5, 5.41) is 6.33. The van der Waals surface area contributed by atoms with Gasteiger partial charge in [0.25, 0.3) is 3.12 Å². The standard InChI is InChI=1S/C10H16Cl3N3O3S/c1-6(9(3,4)14-7(2)17)15-19-8(18)16(5)20-10(11,12)13/h1-5H3,(H,14,17). The molecular weight excluding hydrogens is 349 g/mol. The molecular formula is C10H16Cl3N3O3S. The number of halogens is 3. The summed E-state index contributed by atoms with van der Waals surface area (Å²) in [5.41, 5.74) is -0.333. The lowest BCUT2D eigenvalue weighted by molar-refractivity contribution is -0.119. The summed E-state index contributed by atoms with van der Waals surface area (Å²) in [6.45, 7) is 6.44. The van der Waals surface area contributed by atoms with E-state index in [1.807, 2.05) is 0 Å². The number of oxime groups is 1. The van der Waals surface area contributed by atoms with Crippen molar-refractivity contribution in [1.82, 2.24) is 9.62 Å². The van der Waals surface area contributed by atoms with Gasteiger partial charge in [0.1, 0.15) is 0 Å². The SMILES string of the molecule is CC(=O)NC(C)(C)C(C)=NOC(=O)N(C)SC(Cl)(Cl)Cl. The molecule has 0 atom stereocenters. The molecule has 0 bridgehead atoms. The zero-order valence-electron chi connectivity index (χ0n) is 11.7. The molecule has 6 nitrogen and oxygen atoms in total. The fourth-order valence-electron chi connectivity index (χ4n) is 1.00. The maximum Gasteiger partial charge on any atom is 0.445 e. The molecule has 2 amide bonds. The summed E-state index contributed by atoms with van der Waals surface area (Å²) in [4.78, 5) is 27.3. The number of amides is 2. The molecule has 0 aliphatic heterocycles. The van der Waals surface area contributed by atoms with Crippen molar-refractivity contribution in [2.75, 3.05) is 7.05 Å². The van der Waals surface area contributed by atoms with Crippen molar-refractivity contribution in [3.8, 4) is 0 Å². The molecule has 20 heavy (non-hydrogen) atoms. The van der Waals surface area contributed by atoms with Gasteiger partial charge in [-0.05, 0) is 20.8 Å². The molecule has 0 aliphatic carbocycles. The predicted octanol–water partition coefficient (Wildman–Crippen LogP) is 3.32. The molecule has 0 saturated carbocycles. The first-order chi connectivity index (χ1) is 8.85. The van der Waals surface area contributed by atoms with Gasteiger partial charge >= 0.3 is 6.09 Å². The van der Waals surface area contributed by atoms with Crippen molar-refractivity contribution in [2.45, 2.75) is 36.4 Å². The number of alkyl halides is 3. The van der Waals surface area contributed by atoms with E-state index in [2.05, 4.69) is 10.5 Å². The third-order valence-corrected chi connectivity index (χ3v) is 3.40. The van der Waals surface area contributed by atoms with Crippen molar-refractivity contribution < 1.29 is 14.4 Å². The van der Waals surface area contributed by atoms with Crippen LogP contribution in [0.5, 0.6) is 0 Å². The Balaban J connectivity index is 4.62. The molecule has 0 aliphatic rings. The van der Waals surface area contributed by atoms with E-state index >= 15 is 0 Å². The molecule has 0 unspecified atom stereocenters. The van der Waals surface area contributed by atoms with Gasteiger partial charge in [-0.3, -0.25) is 9.63 Å². The van der Waals surface area contributed by atoms with E-state index in [-0.39, 0.29) is 5.91 Å². The number of rotatable bonds is 4. The van der Waals surface area contributed by atoms with Crippen molar-refractivity contribution in [3.05, 3.63) is 0 Å². The number of carbonyl (C=O) groups is 2. The maximum atomic E-state index is 11.6. The molecule has 0 spiro atoms. The van der Waals surface area contributed by atoms with Gasteiger partial charge in [-0.25, -0.2) is 9.10 Å². The van der Waals surface area contributed by atoms with Crippen molar-refractivity contribution in [1.29, 1.82) is 0 Å². The minimum Gasteiger partial charge on any atom is -0.346 e. The Kier molecular flexibility index (Phi) is 7.44. The van der Waals surface area contributed by atoms with E-state index in [1.165, 1.54) is 14.0 Å². The van der Waals surface area contributed by atoms with E-state index in [9.17, 15) is 9.59 Å². The van der Waals surface area contributed by atoms with Crippen LogP contribution in [0.25, 0.3) is 0 Å². The minimum atomic E-state index is -1.68. The maximum absolute atomic E-state index is 11.6. The summed E-state index contributed by atoms with van der Waals surface area (Å²) in [7, 11) is 1.37. The third kappa shape index (κ3) is 8.04. The number of nitrogens with one attached hydrogen (secondary N) is 1. The molecule has 0 radical (unpaired) electrons. The zero-order chi connectivity index (χ0) is 16.1. The first-order valence-electron chi connectivity index (χ1n) is 5.39. The zero-order valence-corrected chi connectivity index (χ0v) is 14.7. The highest BCUT2D eigenvalue weighted by molar-refractivity contribution is 8.03. The Morgan fingerprint density at radius 1 is 1.25 bits per heavy atom. The molecule has 0 heterocycles. The number of nitrogens with zero attached hydrogens (tertiary/aromatic N) is 2. The Bertz CT molecular complexity index is 410. The van der Waals surface area contributed by atoms with Gasteiger partial charge in [0.05, 0.1) is 11.3 Å². The Labute approximate surface area is 137 Å². The highest BCUT2D eigenvalue weighted by Gasteiger charge is 2.28. The smallest absolute Gasteiger partial charge is 0.346 e. The monoisotopic (exact) mass is 363 g/mol. The topological polar surface area (TPSA) is 71.0 Å².